The van der Waals surface area contributed by atoms with E-state index < -0.39 is 0 Å². The molecule has 7 heteroatoms. The molecule has 3 aromatic rings. The Morgan fingerprint density at radius 3 is 2.77 bits per heavy atom. The molecule has 1 aliphatic heterocycles. The first-order valence-electron chi connectivity index (χ1n) is 11.5. The minimum absolute atomic E-state index is 0.0251. The highest BCUT2D eigenvalue weighted by Gasteiger charge is 2.30. The predicted octanol–water partition coefficient (Wildman–Crippen LogP) is 3.87. The SMILES string of the molecule is CC(C)c1nn(CC(=O)N[C@@H]2CCCN(C3CCC3)C2)c(=O)c2sc3ccccc3c12. The summed E-state index contributed by atoms with van der Waals surface area (Å²) in [5.74, 6) is 0.0371. The van der Waals surface area contributed by atoms with E-state index in [0.717, 1.165) is 47.1 Å². The first kappa shape index (κ1) is 20.6. The lowest BCUT2D eigenvalue weighted by molar-refractivity contribution is -0.123. The highest BCUT2D eigenvalue weighted by Crippen LogP contribution is 2.35. The Hall–Kier alpha value is -2.25. The Kier molecular flexibility index (Phi) is 5.56. The van der Waals surface area contributed by atoms with Crippen LogP contribution in [0.25, 0.3) is 20.2 Å². The Bertz CT molecular complexity index is 1180. The topological polar surface area (TPSA) is 67.2 Å². The number of thiophene rings is 1. The molecule has 1 saturated heterocycles. The summed E-state index contributed by atoms with van der Waals surface area (Å²) >= 11 is 1.50. The van der Waals surface area contributed by atoms with Crippen molar-refractivity contribution in [2.24, 2.45) is 0 Å². The van der Waals surface area contributed by atoms with E-state index in [2.05, 4.69) is 35.2 Å². The van der Waals surface area contributed by atoms with Crippen molar-refractivity contribution in [1.29, 1.82) is 0 Å². The molecular formula is C24H30N4O2S. The van der Waals surface area contributed by atoms with Gasteiger partial charge in [-0.05, 0) is 44.2 Å². The van der Waals surface area contributed by atoms with Crippen LogP contribution in [0.4, 0.5) is 0 Å². The predicted molar refractivity (Wildman–Crippen MR) is 126 cm³/mol. The summed E-state index contributed by atoms with van der Waals surface area (Å²) in [7, 11) is 0. The fourth-order valence-electron chi connectivity index (χ4n) is 4.92. The molecule has 1 atom stereocenters. The van der Waals surface area contributed by atoms with Gasteiger partial charge in [0, 0.05) is 34.1 Å². The summed E-state index contributed by atoms with van der Waals surface area (Å²) in [6.07, 6.45) is 6.01. The van der Waals surface area contributed by atoms with Crippen LogP contribution >= 0.6 is 11.3 Å². The molecule has 1 saturated carbocycles. The molecular weight excluding hydrogens is 408 g/mol. The molecule has 2 aliphatic rings. The first-order chi connectivity index (χ1) is 15.0. The number of piperidine rings is 1. The highest BCUT2D eigenvalue weighted by atomic mass is 32.1. The first-order valence-corrected chi connectivity index (χ1v) is 12.3. The van der Waals surface area contributed by atoms with Gasteiger partial charge in [-0.3, -0.25) is 14.5 Å². The van der Waals surface area contributed by atoms with Gasteiger partial charge in [-0.1, -0.05) is 38.5 Å². The van der Waals surface area contributed by atoms with Crippen LogP contribution in [-0.2, 0) is 11.3 Å². The Morgan fingerprint density at radius 1 is 1.23 bits per heavy atom. The van der Waals surface area contributed by atoms with Gasteiger partial charge in [0.25, 0.3) is 5.56 Å². The van der Waals surface area contributed by atoms with Gasteiger partial charge < -0.3 is 5.32 Å². The average Bonchev–Trinajstić information content (AvgIpc) is 3.09. The molecule has 0 unspecified atom stereocenters. The van der Waals surface area contributed by atoms with Gasteiger partial charge >= 0.3 is 0 Å². The second kappa shape index (κ2) is 8.36. The van der Waals surface area contributed by atoms with E-state index >= 15 is 0 Å². The Morgan fingerprint density at radius 2 is 2.03 bits per heavy atom. The average molecular weight is 439 g/mol. The van der Waals surface area contributed by atoms with Crippen LogP contribution in [-0.4, -0.2) is 45.8 Å². The van der Waals surface area contributed by atoms with Crippen molar-refractivity contribution in [3.05, 3.63) is 40.3 Å². The third-order valence-corrected chi connectivity index (χ3v) is 7.92. The van der Waals surface area contributed by atoms with Gasteiger partial charge in [0.2, 0.25) is 5.91 Å². The van der Waals surface area contributed by atoms with Crippen LogP contribution in [0.3, 0.4) is 0 Å². The lowest BCUT2D eigenvalue weighted by atomic mass is 9.89. The van der Waals surface area contributed by atoms with Crippen LogP contribution in [0.1, 0.15) is 57.6 Å². The fourth-order valence-corrected chi connectivity index (χ4v) is 6.08. The van der Waals surface area contributed by atoms with Crippen molar-refractivity contribution >= 4 is 37.4 Å². The van der Waals surface area contributed by atoms with Gasteiger partial charge in [0.05, 0.1) is 5.69 Å². The number of carbonyl (C=O) groups excluding carboxylic acids is 1. The summed E-state index contributed by atoms with van der Waals surface area (Å²) in [5.41, 5.74) is 0.712. The maximum Gasteiger partial charge on any atom is 0.285 e. The lowest BCUT2D eigenvalue weighted by Crippen LogP contribution is -2.53. The van der Waals surface area contributed by atoms with Gasteiger partial charge in [-0.2, -0.15) is 5.10 Å². The number of rotatable bonds is 5. The molecule has 31 heavy (non-hydrogen) atoms. The number of carbonyl (C=O) groups is 1. The number of nitrogens with zero attached hydrogens (tertiary/aromatic N) is 3. The van der Waals surface area contributed by atoms with Crippen LogP contribution in [0, 0.1) is 0 Å². The van der Waals surface area contributed by atoms with Crippen LogP contribution in [0.5, 0.6) is 0 Å². The fraction of sp³-hybridized carbons (Fsp3) is 0.542. The molecule has 2 aromatic heterocycles. The number of hydrogen-bond acceptors (Lipinski definition) is 5. The van der Waals surface area contributed by atoms with Crippen molar-refractivity contribution in [1.82, 2.24) is 20.0 Å². The van der Waals surface area contributed by atoms with Crippen molar-refractivity contribution in [2.75, 3.05) is 13.1 Å². The molecule has 6 nitrogen and oxygen atoms in total. The largest absolute Gasteiger partial charge is 0.350 e. The summed E-state index contributed by atoms with van der Waals surface area (Å²) in [6.45, 7) is 6.20. The number of hydrogen-bond donors (Lipinski definition) is 1. The highest BCUT2D eigenvalue weighted by molar-refractivity contribution is 7.25. The number of likely N-dealkylation sites (tertiary alicyclic amines) is 1. The van der Waals surface area contributed by atoms with Gasteiger partial charge in [-0.25, -0.2) is 4.68 Å². The quantitative estimate of drug-likeness (QED) is 0.657. The minimum atomic E-state index is -0.171. The van der Waals surface area contributed by atoms with Crippen molar-refractivity contribution in [3.8, 4) is 0 Å². The zero-order chi connectivity index (χ0) is 21.5. The number of aromatic nitrogens is 2. The van der Waals surface area contributed by atoms with Gasteiger partial charge in [0.1, 0.15) is 11.2 Å². The lowest BCUT2D eigenvalue weighted by Gasteiger charge is -2.42. The van der Waals surface area contributed by atoms with Crippen molar-refractivity contribution in [3.63, 3.8) is 0 Å². The molecule has 0 spiro atoms. The van der Waals surface area contributed by atoms with E-state index in [1.165, 1.54) is 35.3 Å². The third kappa shape index (κ3) is 3.89. The normalized spacial score (nSPS) is 20.4. The third-order valence-electron chi connectivity index (χ3n) is 6.76. The second-order valence-electron chi connectivity index (χ2n) is 9.29. The molecule has 3 heterocycles. The molecule has 1 amide bonds. The zero-order valence-corrected chi connectivity index (χ0v) is 19.1. The van der Waals surface area contributed by atoms with E-state index in [9.17, 15) is 9.59 Å². The smallest absolute Gasteiger partial charge is 0.285 e. The Balaban J connectivity index is 1.39. The van der Waals surface area contributed by atoms with E-state index in [0.29, 0.717) is 10.7 Å². The summed E-state index contributed by atoms with van der Waals surface area (Å²) in [5, 5.41) is 9.85. The maximum atomic E-state index is 13.2. The number of fused-ring (bicyclic) bond motifs is 3. The standard InChI is InChI=1S/C24H30N4O2S/c1-15(2)22-21-18-10-3-4-11-19(18)31-23(21)24(30)28(26-22)14-20(29)25-16-7-6-12-27(13-16)17-8-5-9-17/h3-4,10-11,15-17H,5-9,12-14H2,1-2H3,(H,25,29)/t16-/m1/s1. The molecule has 5 rings (SSSR count). The molecule has 1 aromatic carbocycles. The minimum Gasteiger partial charge on any atom is -0.350 e. The molecule has 1 aliphatic carbocycles. The second-order valence-corrected chi connectivity index (χ2v) is 10.3. The van der Waals surface area contributed by atoms with Crippen molar-refractivity contribution in [2.45, 2.75) is 70.5 Å². The van der Waals surface area contributed by atoms with Crippen LogP contribution in [0.15, 0.2) is 29.1 Å². The van der Waals surface area contributed by atoms with Crippen molar-refractivity contribution < 1.29 is 4.79 Å². The zero-order valence-electron chi connectivity index (χ0n) is 18.3. The summed E-state index contributed by atoms with van der Waals surface area (Å²) in [6, 6.07) is 8.94. The number of amides is 1. The molecule has 2 fully saturated rings. The summed E-state index contributed by atoms with van der Waals surface area (Å²) in [4.78, 5) is 28.6. The van der Waals surface area contributed by atoms with Crippen LogP contribution in [0.2, 0.25) is 0 Å². The van der Waals surface area contributed by atoms with E-state index in [1.54, 1.807) is 0 Å². The van der Waals surface area contributed by atoms with Gasteiger partial charge in [0.15, 0.2) is 0 Å². The molecule has 0 bridgehead atoms. The molecule has 164 valence electrons. The number of benzene rings is 1. The monoisotopic (exact) mass is 438 g/mol. The van der Waals surface area contributed by atoms with E-state index in [-0.39, 0.29) is 30.0 Å². The molecule has 1 N–H and O–H groups in total. The van der Waals surface area contributed by atoms with E-state index in [1.807, 2.05) is 18.2 Å². The summed E-state index contributed by atoms with van der Waals surface area (Å²) < 4.78 is 3.15. The number of nitrogens with one attached hydrogen (secondary N) is 1. The molecule has 0 radical (unpaired) electrons. The van der Waals surface area contributed by atoms with E-state index in [4.69, 9.17) is 0 Å². The maximum absolute atomic E-state index is 13.2. The van der Waals surface area contributed by atoms with Crippen LogP contribution < -0.4 is 10.9 Å². The van der Waals surface area contributed by atoms with Gasteiger partial charge in [-0.15, -0.1) is 11.3 Å². The Labute approximate surface area is 186 Å².